The molecule has 1 spiro atoms. The Morgan fingerprint density at radius 3 is 2.58 bits per heavy atom. The summed E-state index contributed by atoms with van der Waals surface area (Å²) in [5.41, 5.74) is 7.95. The fourth-order valence-electron chi connectivity index (χ4n) is 5.85. The van der Waals surface area contributed by atoms with Crippen LogP contribution in [0.1, 0.15) is 24.0 Å². The molecule has 0 unspecified atom stereocenters. The maximum Gasteiger partial charge on any atom is 0.157 e. The van der Waals surface area contributed by atoms with E-state index in [1.807, 2.05) is 36.7 Å². The quantitative estimate of drug-likeness (QED) is 0.311. The van der Waals surface area contributed by atoms with E-state index < -0.39 is 0 Å². The summed E-state index contributed by atoms with van der Waals surface area (Å²) in [4.78, 5) is 16.5. The summed E-state index contributed by atoms with van der Waals surface area (Å²) in [5, 5.41) is 1.09. The largest absolute Gasteiger partial charge is 0.355 e. The van der Waals surface area contributed by atoms with Crippen LogP contribution in [0.2, 0.25) is 10.0 Å². The number of benzene rings is 1. The van der Waals surface area contributed by atoms with Gasteiger partial charge in [-0.2, -0.15) is 0 Å². The molecule has 1 aliphatic carbocycles. The van der Waals surface area contributed by atoms with E-state index in [4.69, 9.17) is 33.2 Å². The average molecular weight is 474 g/mol. The maximum absolute atomic E-state index is 6.52. The lowest BCUT2D eigenvalue weighted by Crippen LogP contribution is -2.40. The van der Waals surface area contributed by atoms with E-state index in [-0.39, 0.29) is 0 Å². The lowest BCUT2D eigenvalue weighted by atomic mass is 9.76. The van der Waals surface area contributed by atoms with E-state index in [2.05, 4.69) is 26.5 Å². The number of nitrogens with zero attached hydrogens (tertiary/aromatic N) is 5. The van der Waals surface area contributed by atoms with Gasteiger partial charge in [-0.25, -0.2) is 9.97 Å². The molecule has 7 rings (SSSR count). The van der Waals surface area contributed by atoms with Gasteiger partial charge in [0.15, 0.2) is 5.82 Å². The Hall–Kier alpha value is -2.89. The second kappa shape index (κ2) is 7.05. The van der Waals surface area contributed by atoms with E-state index in [1.54, 1.807) is 6.07 Å². The van der Waals surface area contributed by atoms with Crippen molar-refractivity contribution in [1.82, 2.24) is 19.4 Å². The molecule has 0 saturated carbocycles. The Bertz CT molecular complexity index is 1490. The van der Waals surface area contributed by atoms with Crippen molar-refractivity contribution in [2.75, 3.05) is 18.0 Å². The highest BCUT2D eigenvalue weighted by molar-refractivity contribution is 6.43. The molecule has 5 nitrogen and oxygen atoms in total. The first-order chi connectivity index (χ1) is 16.1. The van der Waals surface area contributed by atoms with Gasteiger partial charge in [-0.3, -0.25) is 9.38 Å². The minimum atomic E-state index is 0.372. The Labute approximate surface area is 201 Å². The van der Waals surface area contributed by atoms with Crippen molar-refractivity contribution in [2.24, 2.45) is 5.41 Å². The van der Waals surface area contributed by atoms with E-state index in [0.717, 1.165) is 53.3 Å². The summed E-state index contributed by atoms with van der Waals surface area (Å²) in [6.07, 6.45) is 10.6. The van der Waals surface area contributed by atoms with Crippen LogP contribution < -0.4 is 4.90 Å². The molecule has 33 heavy (non-hydrogen) atoms. The van der Waals surface area contributed by atoms with Crippen LogP contribution >= 0.6 is 23.2 Å². The summed E-state index contributed by atoms with van der Waals surface area (Å²) in [5.74, 6) is 1.03. The highest BCUT2D eigenvalue weighted by Gasteiger charge is 2.40. The second-order valence-corrected chi connectivity index (χ2v) is 10.2. The molecule has 0 atom stereocenters. The van der Waals surface area contributed by atoms with Gasteiger partial charge in [0.1, 0.15) is 16.8 Å². The van der Waals surface area contributed by atoms with Crippen LogP contribution in [0.3, 0.4) is 0 Å². The predicted molar refractivity (Wildman–Crippen MR) is 133 cm³/mol. The molecule has 4 aromatic heterocycles. The third-order valence-corrected chi connectivity index (χ3v) is 8.40. The minimum absolute atomic E-state index is 0.372. The zero-order valence-electron chi connectivity index (χ0n) is 17.9. The molecular weight excluding hydrogens is 453 g/mol. The van der Waals surface area contributed by atoms with Crippen molar-refractivity contribution in [2.45, 2.75) is 25.7 Å². The van der Waals surface area contributed by atoms with Crippen LogP contribution in [0, 0.1) is 5.41 Å². The van der Waals surface area contributed by atoms with Crippen molar-refractivity contribution >= 4 is 45.8 Å². The number of rotatable bonds is 2. The molecule has 7 heteroatoms. The lowest BCUT2D eigenvalue weighted by Gasteiger charge is -2.39. The molecule has 1 aromatic carbocycles. The number of fused-ring (bicyclic) bond motifs is 1. The first-order valence-electron chi connectivity index (χ1n) is 11.3. The van der Waals surface area contributed by atoms with E-state index in [0.29, 0.717) is 15.5 Å². The summed E-state index contributed by atoms with van der Waals surface area (Å²) < 4.78 is 2.14. The van der Waals surface area contributed by atoms with E-state index in [9.17, 15) is 0 Å². The Morgan fingerprint density at radius 1 is 0.879 bits per heavy atom. The molecule has 5 aromatic rings. The minimum Gasteiger partial charge on any atom is -0.355 e. The lowest BCUT2D eigenvalue weighted by molar-refractivity contribution is 0.232. The smallest absolute Gasteiger partial charge is 0.157 e. The third-order valence-electron chi connectivity index (χ3n) is 7.58. The van der Waals surface area contributed by atoms with Crippen molar-refractivity contribution in [1.29, 1.82) is 0 Å². The van der Waals surface area contributed by atoms with Crippen molar-refractivity contribution in [3.05, 3.63) is 76.2 Å². The molecule has 0 amide bonds. The van der Waals surface area contributed by atoms with Crippen LogP contribution in [-0.4, -0.2) is 32.4 Å². The van der Waals surface area contributed by atoms with Gasteiger partial charge in [0.25, 0.3) is 0 Å². The molecule has 0 N–H and O–H groups in total. The van der Waals surface area contributed by atoms with Crippen LogP contribution in [-0.2, 0) is 12.8 Å². The number of aromatic nitrogens is 4. The van der Waals surface area contributed by atoms with Gasteiger partial charge in [0, 0.05) is 36.6 Å². The average Bonchev–Trinajstić information content (AvgIpc) is 3.52. The van der Waals surface area contributed by atoms with Crippen molar-refractivity contribution < 1.29 is 0 Å². The number of pyridine rings is 2. The number of hydrogen-bond donors (Lipinski definition) is 0. The Morgan fingerprint density at radius 2 is 1.73 bits per heavy atom. The molecule has 0 bridgehead atoms. The van der Waals surface area contributed by atoms with E-state index in [1.165, 1.54) is 30.4 Å². The van der Waals surface area contributed by atoms with Crippen LogP contribution in [0.25, 0.3) is 27.9 Å². The zero-order chi connectivity index (χ0) is 22.2. The summed E-state index contributed by atoms with van der Waals surface area (Å²) in [7, 11) is 0. The van der Waals surface area contributed by atoms with Crippen LogP contribution in [0.4, 0.5) is 5.82 Å². The molecule has 164 valence electrons. The second-order valence-electron chi connectivity index (χ2n) is 9.43. The number of imidazole rings is 2. The van der Waals surface area contributed by atoms with Crippen molar-refractivity contribution in [3.8, 4) is 11.1 Å². The fraction of sp³-hybridized carbons (Fsp3) is 0.269. The molecule has 1 fully saturated rings. The zero-order valence-corrected chi connectivity index (χ0v) is 19.4. The van der Waals surface area contributed by atoms with Gasteiger partial charge < -0.3 is 4.90 Å². The third kappa shape index (κ3) is 2.89. The van der Waals surface area contributed by atoms with Crippen LogP contribution in [0.15, 0.2) is 55.0 Å². The predicted octanol–water partition coefficient (Wildman–Crippen LogP) is 6.07. The molecule has 2 aliphatic rings. The van der Waals surface area contributed by atoms with Gasteiger partial charge in [-0.1, -0.05) is 35.3 Å². The highest BCUT2D eigenvalue weighted by Crippen LogP contribution is 2.45. The number of hydrogen-bond acceptors (Lipinski definition) is 4. The van der Waals surface area contributed by atoms with Gasteiger partial charge in [0.2, 0.25) is 0 Å². The SMILES string of the molecule is Clc1cccc(-c2ccc3nc(N4CCC5(CC4)Cc4ccncc4C5)c4cnc2n34)c1Cl. The maximum atomic E-state index is 6.52. The normalized spacial score (nSPS) is 17.5. The Kier molecular flexibility index (Phi) is 4.18. The van der Waals surface area contributed by atoms with Crippen LogP contribution in [0.5, 0.6) is 0 Å². The number of halogens is 2. The first-order valence-corrected chi connectivity index (χ1v) is 12.1. The van der Waals surface area contributed by atoms with Gasteiger partial charge in [0.05, 0.1) is 16.2 Å². The fourth-order valence-corrected chi connectivity index (χ4v) is 6.25. The molecule has 1 aliphatic heterocycles. The molecule has 1 saturated heterocycles. The number of anilines is 1. The summed E-state index contributed by atoms with van der Waals surface area (Å²) >= 11 is 12.8. The van der Waals surface area contributed by atoms with Gasteiger partial charge in [-0.05, 0) is 66.5 Å². The molecular formula is C26H21Cl2N5. The standard InChI is InChI=1S/C26H21Cl2N5/c27-20-3-1-2-18(23(20)28)19-4-5-22-31-25(21-15-30-24(19)33(21)22)32-10-7-26(8-11-32)12-16-6-9-29-14-17(16)13-26/h1-6,9,14-15H,7-8,10-13H2. The topological polar surface area (TPSA) is 46.3 Å². The van der Waals surface area contributed by atoms with Gasteiger partial charge >= 0.3 is 0 Å². The monoisotopic (exact) mass is 473 g/mol. The molecule has 0 radical (unpaired) electrons. The molecule has 5 heterocycles. The highest BCUT2D eigenvalue weighted by atomic mass is 35.5. The van der Waals surface area contributed by atoms with Crippen molar-refractivity contribution in [3.63, 3.8) is 0 Å². The number of piperidine rings is 1. The van der Waals surface area contributed by atoms with Gasteiger partial charge in [-0.15, -0.1) is 0 Å². The van der Waals surface area contributed by atoms with E-state index >= 15 is 0 Å². The first kappa shape index (κ1) is 19.6. The Balaban J connectivity index is 1.22. The summed E-state index contributed by atoms with van der Waals surface area (Å²) in [6, 6.07) is 12.0. The summed E-state index contributed by atoms with van der Waals surface area (Å²) in [6.45, 7) is 2.02.